The van der Waals surface area contributed by atoms with Crippen molar-refractivity contribution < 1.29 is 19.4 Å². The van der Waals surface area contributed by atoms with Crippen LogP contribution in [0.2, 0.25) is 0 Å². The lowest BCUT2D eigenvalue weighted by atomic mass is 10.1. The summed E-state index contributed by atoms with van der Waals surface area (Å²) in [4.78, 5) is 24.0. The molecule has 5 heteroatoms. The molecule has 5 nitrogen and oxygen atoms in total. The quantitative estimate of drug-likeness (QED) is 0.804. The molecule has 2 N–H and O–H groups in total. The number of rotatable bonds is 5. The van der Waals surface area contributed by atoms with Crippen LogP contribution in [0, 0.1) is 11.8 Å². The normalized spacial score (nSPS) is 21.9. The van der Waals surface area contributed by atoms with Crippen LogP contribution < -0.4 is 5.32 Å². The Morgan fingerprint density at radius 3 is 2.65 bits per heavy atom. The van der Waals surface area contributed by atoms with Crippen molar-refractivity contribution in [3.05, 3.63) is 29.8 Å². The standard InChI is InChI=1S/C15H19NO4/c1-3-20-15(19)13(10-6-4-5-7-12(10)17)16-14(18)11-8-9(11)2/h4-7,9,11,13,17H,3,8H2,1-2H3,(H,16,18)/t9-,11?,13?/m0/s1. The first kappa shape index (κ1) is 14.4. The largest absolute Gasteiger partial charge is 0.508 e. The lowest BCUT2D eigenvalue weighted by molar-refractivity contribution is -0.147. The van der Waals surface area contributed by atoms with E-state index >= 15 is 0 Å². The number of phenols is 1. The highest BCUT2D eigenvalue weighted by atomic mass is 16.5. The molecule has 1 aliphatic rings. The number of benzene rings is 1. The molecule has 1 aliphatic carbocycles. The zero-order valence-corrected chi connectivity index (χ0v) is 11.6. The van der Waals surface area contributed by atoms with Gasteiger partial charge in [-0.3, -0.25) is 4.79 Å². The lowest BCUT2D eigenvalue weighted by Gasteiger charge is -2.18. The second-order valence-corrected chi connectivity index (χ2v) is 5.07. The highest BCUT2D eigenvalue weighted by Gasteiger charge is 2.41. The maximum atomic E-state index is 12.0. The van der Waals surface area contributed by atoms with Crippen molar-refractivity contribution in [2.24, 2.45) is 11.8 Å². The van der Waals surface area contributed by atoms with Crippen LogP contribution in [0.4, 0.5) is 0 Å². The summed E-state index contributed by atoms with van der Waals surface area (Å²) in [5.74, 6) is -0.454. The van der Waals surface area contributed by atoms with Gasteiger partial charge >= 0.3 is 5.97 Å². The maximum absolute atomic E-state index is 12.0. The second-order valence-electron chi connectivity index (χ2n) is 5.07. The van der Waals surface area contributed by atoms with E-state index in [9.17, 15) is 14.7 Å². The molecule has 0 aromatic heterocycles. The van der Waals surface area contributed by atoms with Gasteiger partial charge in [-0.05, 0) is 25.3 Å². The molecule has 1 aromatic rings. The van der Waals surface area contributed by atoms with Gasteiger partial charge in [-0.1, -0.05) is 25.1 Å². The van der Waals surface area contributed by atoms with Crippen molar-refractivity contribution in [1.82, 2.24) is 5.32 Å². The molecule has 0 saturated heterocycles. The zero-order chi connectivity index (χ0) is 14.7. The molecule has 1 amide bonds. The number of nitrogens with one attached hydrogen (secondary N) is 1. The number of para-hydroxylation sites is 1. The Bertz CT molecular complexity index is 514. The molecule has 20 heavy (non-hydrogen) atoms. The van der Waals surface area contributed by atoms with Crippen molar-refractivity contribution in [3.8, 4) is 5.75 Å². The van der Waals surface area contributed by atoms with E-state index in [0.29, 0.717) is 11.5 Å². The SMILES string of the molecule is CCOC(=O)C(NC(=O)C1C[C@@H]1C)c1ccccc1O. The maximum Gasteiger partial charge on any atom is 0.333 e. The van der Waals surface area contributed by atoms with Gasteiger partial charge < -0.3 is 15.2 Å². The third-order valence-corrected chi connectivity index (χ3v) is 3.50. The molecule has 1 saturated carbocycles. The molecule has 2 unspecified atom stereocenters. The summed E-state index contributed by atoms with van der Waals surface area (Å²) >= 11 is 0. The molecule has 0 radical (unpaired) electrons. The van der Waals surface area contributed by atoms with Gasteiger partial charge in [0.15, 0.2) is 6.04 Å². The predicted molar refractivity (Wildman–Crippen MR) is 72.9 cm³/mol. The minimum Gasteiger partial charge on any atom is -0.508 e. The van der Waals surface area contributed by atoms with E-state index < -0.39 is 12.0 Å². The number of phenolic OH excluding ortho intramolecular Hbond substituents is 1. The van der Waals surface area contributed by atoms with E-state index in [0.717, 1.165) is 6.42 Å². The van der Waals surface area contributed by atoms with Gasteiger partial charge in [0.05, 0.1) is 6.61 Å². The summed E-state index contributed by atoms with van der Waals surface area (Å²) in [6.07, 6.45) is 0.835. The molecule has 0 spiro atoms. The number of amides is 1. The van der Waals surface area contributed by atoms with E-state index in [4.69, 9.17) is 4.74 Å². The third-order valence-electron chi connectivity index (χ3n) is 3.50. The first-order valence-corrected chi connectivity index (χ1v) is 6.79. The highest BCUT2D eigenvalue weighted by molar-refractivity contribution is 5.88. The second kappa shape index (κ2) is 5.94. The fourth-order valence-electron chi connectivity index (χ4n) is 2.16. The van der Waals surface area contributed by atoms with Gasteiger partial charge in [0.2, 0.25) is 5.91 Å². The molecular formula is C15H19NO4. The lowest BCUT2D eigenvalue weighted by Crippen LogP contribution is -2.36. The number of esters is 1. The van der Waals surface area contributed by atoms with Gasteiger partial charge in [-0.15, -0.1) is 0 Å². The summed E-state index contributed by atoms with van der Waals surface area (Å²) in [5.41, 5.74) is 0.354. The molecule has 2 rings (SSSR count). The minimum absolute atomic E-state index is 0.0327. The molecule has 3 atom stereocenters. The average Bonchev–Trinajstić information content (AvgIpc) is 3.14. The summed E-state index contributed by atoms with van der Waals surface area (Å²) in [7, 11) is 0. The van der Waals surface area contributed by atoms with Gasteiger partial charge in [0, 0.05) is 11.5 Å². The monoisotopic (exact) mass is 277 g/mol. The van der Waals surface area contributed by atoms with Crippen LogP contribution >= 0.6 is 0 Å². The van der Waals surface area contributed by atoms with Crippen LogP contribution in [0.15, 0.2) is 24.3 Å². The summed E-state index contributed by atoms with van der Waals surface area (Å²) < 4.78 is 4.98. The van der Waals surface area contributed by atoms with E-state index in [1.54, 1.807) is 25.1 Å². The van der Waals surface area contributed by atoms with E-state index in [-0.39, 0.29) is 24.2 Å². The Balaban J connectivity index is 2.18. The van der Waals surface area contributed by atoms with Crippen LogP contribution in [0.3, 0.4) is 0 Å². The van der Waals surface area contributed by atoms with Gasteiger partial charge in [0.1, 0.15) is 5.75 Å². The van der Waals surface area contributed by atoms with Gasteiger partial charge in [-0.25, -0.2) is 4.79 Å². The Labute approximate surface area is 117 Å². The summed E-state index contributed by atoms with van der Waals surface area (Å²) in [6.45, 7) is 3.91. The summed E-state index contributed by atoms with van der Waals surface area (Å²) in [6, 6.07) is 5.48. The molecular weight excluding hydrogens is 258 g/mol. The van der Waals surface area contributed by atoms with E-state index in [1.165, 1.54) is 6.07 Å². The number of hydrogen-bond donors (Lipinski definition) is 2. The number of carbonyl (C=O) groups excluding carboxylic acids is 2. The Morgan fingerprint density at radius 1 is 1.45 bits per heavy atom. The number of ether oxygens (including phenoxy) is 1. The molecule has 0 heterocycles. The third kappa shape index (κ3) is 3.10. The van der Waals surface area contributed by atoms with Crippen LogP contribution in [0.25, 0.3) is 0 Å². The topological polar surface area (TPSA) is 75.6 Å². The molecule has 0 bridgehead atoms. The Kier molecular flexibility index (Phi) is 4.27. The average molecular weight is 277 g/mol. The number of carbonyl (C=O) groups is 2. The van der Waals surface area contributed by atoms with Crippen molar-refractivity contribution in [1.29, 1.82) is 0 Å². The smallest absolute Gasteiger partial charge is 0.333 e. The number of aromatic hydroxyl groups is 1. The highest BCUT2D eigenvalue weighted by Crippen LogP contribution is 2.38. The Morgan fingerprint density at radius 2 is 2.10 bits per heavy atom. The zero-order valence-electron chi connectivity index (χ0n) is 11.6. The van der Waals surface area contributed by atoms with Gasteiger partial charge in [0.25, 0.3) is 0 Å². The van der Waals surface area contributed by atoms with Crippen molar-refractivity contribution in [2.75, 3.05) is 6.61 Å². The first-order valence-electron chi connectivity index (χ1n) is 6.79. The first-order chi connectivity index (χ1) is 9.54. The van der Waals surface area contributed by atoms with Crippen molar-refractivity contribution in [3.63, 3.8) is 0 Å². The molecule has 108 valence electrons. The van der Waals surface area contributed by atoms with E-state index in [1.807, 2.05) is 6.92 Å². The summed E-state index contributed by atoms with van der Waals surface area (Å²) in [5, 5.41) is 12.5. The van der Waals surface area contributed by atoms with Gasteiger partial charge in [-0.2, -0.15) is 0 Å². The fraction of sp³-hybridized carbons (Fsp3) is 0.467. The van der Waals surface area contributed by atoms with Crippen molar-refractivity contribution >= 4 is 11.9 Å². The van der Waals surface area contributed by atoms with E-state index in [2.05, 4.69) is 5.32 Å². The molecule has 0 aliphatic heterocycles. The van der Waals surface area contributed by atoms with Crippen molar-refractivity contribution in [2.45, 2.75) is 26.3 Å². The van der Waals surface area contributed by atoms with Crippen LogP contribution in [0.1, 0.15) is 31.9 Å². The molecule has 1 fully saturated rings. The predicted octanol–water partition coefficient (Wildman–Crippen LogP) is 1.77. The minimum atomic E-state index is -0.962. The van der Waals surface area contributed by atoms with Crippen LogP contribution in [-0.2, 0) is 14.3 Å². The molecule has 1 aromatic carbocycles. The van der Waals surface area contributed by atoms with Crippen LogP contribution in [0.5, 0.6) is 5.75 Å². The van der Waals surface area contributed by atoms with Crippen LogP contribution in [-0.4, -0.2) is 23.6 Å². The number of hydrogen-bond acceptors (Lipinski definition) is 4. The fourth-order valence-corrected chi connectivity index (χ4v) is 2.16. The Hall–Kier alpha value is -2.04.